The lowest BCUT2D eigenvalue weighted by Crippen LogP contribution is -2.55. The van der Waals surface area contributed by atoms with Crippen LogP contribution in [0.3, 0.4) is 0 Å². The minimum absolute atomic E-state index is 0.0988. The van der Waals surface area contributed by atoms with Crippen LogP contribution in [0.4, 0.5) is 23.7 Å². The fraction of sp³-hybridized carbons (Fsp3) is 0.355. The highest BCUT2D eigenvalue weighted by atomic mass is 32.2. The summed E-state index contributed by atoms with van der Waals surface area (Å²) in [6.45, 7) is 2.61. The van der Waals surface area contributed by atoms with Gasteiger partial charge in [-0.05, 0) is 48.2 Å². The molecule has 2 unspecified atom stereocenters. The molecule has 0 aromatic heterocycles. The van der Waals surface area contributed by atoms with Crippen LogP contribution in [-0.2, 0) is 25.8 Å². The van der Waals surface area contributed by atoms with Gasteiger partial charge in [-0.2, -0.15) is 0 Å². The number of anilines is 1. The molecule has 3 aromatic carbocycles. The van der Waals surface area contributed by atoms with Crippen LogP contribution in [-0.4, -0.2) is 69.3 Å². The summed E-state index contributed by atoms with van der Waals surface area (Å²) in [7, 11) is -2.88. The summed E-state index contributed by atoms with van der Waals surface area (Å²) >= 11 is 0. The number of nitrogens with one attached hydrogen (secondary N) is 2. The van der Waals surface area contributed by atoms with Crippen molar-refractivity contribution in [1.29, 1.82) is 0 Å². The van der Waals surface area contributed by atoms with Crippen LogP contribution >= 0.6 is 0 Å². The molecule has 14 heteroatoms. The molecule has 1 aliphatic heterocycles. The molecule has 1 aliphatic rings. The van der Waals surface area contributed by atoms with Crippen LogP contribution in [0.5, 0.6) is 5.75 Å². The van der Waals surface area contributed by atoms with Crippen molar-refractivity contribution >= 4 is 27.5 Å². The number of hydrogen-bond donors (Lipinski definition) is 3. The molecule has 1 heterocycles. The number of nitrogens with zero attached hydrogens (tertiary/aromatic N) is 1. The second-order valence-corrected chi connectivity index (χ2v) is 12.9. The van der Waals surface area contributed by atoms with Gasteiger partial charge in [-0.1, -0.05) is 44.2 Å². The molecule has 45 heavy (non-hydrogen) atoms. The van der Waals surface area contributed by atoms with Crippen molar-refractivity contribution < 1.29 is 45.8 Å². The van der Waals surface area contributed by atoms with Crippen molar-refractivity contribution in [3.8, 4) is 5.75 Å². The van der Waals surface area contributed by atoms with E-state index in [0.717, 1.165) is 34.7 Å². The number of aliphatic hydroxyl groups is 1. The zero-order valence-electron chi connectivity index (χ0n) is 24.7. The molecule has 2 amide bonds. The maximum atomic E-state index is 14.4. The average Bonchev–Trinajstić information content (AvgIpc) is 3.39. The summed E-state index contributed by atoms with van der Waals surface area (Å²) in [6, 6.07) is 12.6. The molecular formula is C31H34F3N3O7S. The van der Waals surface area contributed by atoms with Gasteiger partial charge in [-0.15, -0.1) is 0 Å². The Morgan fingerprint density at radius 3 is 2.38 bits per heavy atom. The van der Waals surface area contributed by atoms with Crippen molar-refractivity contribution in [3.05, 3.63) is 89.7 Å². The third-order valence-corrected chi connectivity index (χ3v) is 9.66. The first-order valence-corrected chi connectivity index (χ1v) is 15.6. The number of halogens is 3. The van der Waals surface area contributed by atoms with Crippen LogP contribution in [0.1, 0.15) is 19.4 Å². The van der Waals surface area contributed by atoms with Crippen molar-refractivity contribution in [1.82, 2.24) is 10.6 Å². The zero-order valence-corrected chi connectivity index (χ0v) is 25.6. The van der Waals surface area contributed by atoms with Gasteiger partial charge < -0.3 is 19.9 Å². The Morgan fingerprint density at radius 1 is 1.04 bits per heavy atom. The van der Waals surface area contributed by atoms with Crippen molar-refractivity contribution in [2.24, 2.45) is 5.92 Å². The third kappa shape index (κ3) is 7.75. The van der Waals surface area contributed by atoms with Gasteiger partial charge in [0.2, 0.25) is 5.91 Å². The molecule has 0 bridgehead atoms. The fourth-order valence-corrected chi connectivity index (χ4v) is 6.87. The fourth-order valence-electron chi connectivity index (χ4n) is 5.02. The van der Waals surface area contributed by atoms with E-state index in [0.29, 0.717) is 0 Å². The van der Waals surface area contributed by atoms with Crippen LogP contribution in [0, 0.1) is 23.4 Å². The van der Waals surface area contributed by atoms with Gasteiger partial charge >= 0.3 is 6.09 Å². The van der Waals surface area contributed by atoms with E-state index in [-0.39, 0.29) is 35.9 Å². The molecule has 3 aromatic rings. The van der Waals surface area contributed by atoms with E-state index in [1.165, 1.54) is 19.2 Å². The normalized spacial score (nSPS) is 17.1. The van der Waals surface area contributed by atoms with E-state index >= 15 is 0 Å². The predicted molar refractivity (Wildman–Crippen MR) is 159 cm³/mol. The molecule has 1 saturated heterocycles. The van der Waals surface area contributed by atoms with E-state index in [1.807, 2.05) is 0 Å². The number of carbonyl (C=O) groups is 2. The molecule has 0 radical (unpaired) electrons. The number of ether oxygens (including phenoxy) is 2. The second-order valence-electron chi connectivity index (χ2n) is 10.8. The summed E-state index contributed by atoms with van der Waals surface area (Å²) < 4.78 is 78.7. The van der Waals surface area contributed by atoms with Crippen molar-refractivity contribution in [2.45, 2.75) is 48.7 Å². The number of rotatable bonds is 13. The maximum absolute atomic E-state index is 14.4. The van der Waals surface area contributed by atoms with Crippen LogP contribution < -0.4 is 20.3 Å². The molecule has 4 atom stereocenters. The lowest BCUT2D eigenvalue weighted by molar-refractivity contribution is -0.123. The minimum atomic E-state index is -4.14. The quantitative estimate of drug-likeness (QED) is 0.256. The molecule has 0 spiro atoms. The Bertz CT molecular complexity index is 1630. The molecule has 0 saturated carbocycles. The van der Waals surface area contributed by atoms with Gasteiger partial charge in [0, 0.05) is 12.6 Å². The molecule has 4 rings (SSSR count). The van der Waals surface area contributed by atoms with Crippen molar-refractivity contribution in [3.63, 3.8) is 0 Å². The van der Waals surface area contributed by atoms with Crippen LogP contribution in [0.25, 0.3) is 0 Å². The average molecular weight is 650 g/mol. The first-order valence-electron chi connectivity index (χ1n) is 14.1. The van der Waals surface area contributed by atoms with Gasteiger partial charge in [0.15, 0.2) is 39.1 Å². The minimum Gasteiger partial charge on any atom is -0.494 e. The molecule has 0 aliphatic carbocycles. The Morgan fingerprint density at radius 2 is 1.76 bits per heavy atom. The Hall–Kier alpha value is -4.14. The van der Waals surface area contributed by atoms with E-state index in [1.54, 1.807) is 44.2 Å². The number of methoxy groups -OCH3 is 1. The van der Waals surface area contributed by atoms with Crippen LogP contribution in [0.2, 0.25) is 0 Å². The Labute approximate surface area is 259 Å². The van der Waals surface area contributed by atoms with E-state index in [2.05, 4.69) is 10.6 Å². The first-order chi connectivity index (χ1) is 21.3. The first kappa shape index (κ1) is 33.7. The summed E-state index contributed by atoms with van der Waals surface area (Å²) in [5, 5.41) is 15.6. The topological polar surface area (TPSA) is 134 Å². The summed E-state index contributed by atoms with van der Waals surface area (Å²) in [5.74, 6) is -4.58. The monoisotopic (exact) mass is 649 g/mol. The van der Waals surface area contributed by atoms with Crippen molar-refractivity contribution in [2.75, 3.05) is 25.2 Å². The molecule has 3 N–H and O–H groups in total. The second kappa shape index (κ2) is 14.3. The van der Waals surface area contributed by atoms with Gasteiger partial charge in [-0.3, -0.25) is 15.0 Å². The lowest BCUT2D eigenvalue weighted by atomic mass is 10.00. The summed E-state index contributed by atoms with van der Waals surface area (Å²) in [4.78, 5) is 26.6. The highest BCUT2D eigenvalue weighted by molar-refractivity contribution is 7.92. The lowest BCUT2D eigenvalue weighted by Gasteiger charge is -2.30. The highest BCUT2D eigenvalue weighted by Crippen LogP contribution is 2.27. The van der Waals surface area contributed by atoms with Crippen LogP contribution in [0.15, 0.2) is 71.6 Å². The zero-order chi connectivity index (χ0) is 32.9. The Balaban J connectivity index is 1.55. The standard InChI is InChI=1S/C31H34F3N3O7S/c1-18(2)30(45(41,42)21-10-12-28(43-3)24(34)15-21)35-16-27(38)25(13-19-7-5-4-6-8-19)36-29(39)26-17-44-31(40)37(26)20-9-11-22(32)23(33)14-20/h4-12,14-15,18,25-27,30,35,38H,13,16-17H2,1-3H3,(H,36,39)/t25-,26?,27+,30?/m0/s1. The van der Waals surface area contributed by atoms with Gasteiger partial charge in [0.25, 0.3) is 0 Å². The van der Waals surface area contributed by atoms with E-state index in [9.17, 15) is 36.3 Å². The maximum Gasteiger partial charge on any atom is 0.415 e. The number of sulfone groups is 1. The predicted octanol–water partition coefficient (Wildman–Crippen LogP) is 3.57. The smallest absolute Gasteiger partial charge is 0.415 e. The SMILES string of the molecule is COc1ccc(S(=O)(=O)C(NC[C@@H](O)[C@H](Cc2ccccc2)NC(=O)C2COC(=O)N2c2ccc(F)c(F)c2)C(C)C)cc1F. The van der Waals surface area contributed by atoms with Gasteiger partial charge in [0.1, 0.15) is 12.0 Å². The molecule has 10 nitrogen and oxygen atoms in total. The molecule has 242 valence electrons. The van der Waals surface area contributed by atoms with Gasteiger partial charge in [0.05, 0.1) is 29.8 Å². The number of amides is 2. The molecule has 1 fully saturated rings. The molecular weight excluding hydrogens is 615 g/mol. The third-order valence-electron chi connectivity index (χ3n) is 7.37. The van der Waals surface area contributed by atoms with Gasteiger partial charge in [-0.25, -0.2) is 26.4 Å². The number of carbonyl (C=O) groups excluding carboxylic acids is 2. The van der Waals surface area contributed by atoms with E-state index in [4.69, 9.17) is 9.47 Å². The number of hydrogen-bond acceptors (Lipinski definition) is 8. The number of aliphatic hydroxyl groups excluding tert-OH is 1. The summed E-state index contributed by atoms with van der Waals surface area (Å²) in [5.41, 5.74) is 0.637. The largest absolute Gasteiger partial charge is 0.494 e. The number of cyclic esters (lactones) is 1. The van der Waals surface area contributed by atoms with E-state index < -0.39 is 68.8 Å². The number of benzene rings is 3. The Kier molecular flexibility index (Phi) is 10.7. The summed E-state index contributed by atoms with van der Waals surface area (Å²) in [6.07, 6.45) is -2.18. The highest BCUT2D eigenvalue weighted by Gasteiger charge is 2.41.